The van der Waals surface area contributed by atoms with E-state index in [-0.39, 0.29) is 19.4 Å². The van der Waals surface area contributed by atoms with E-state index in [1.54, 1.807) is 6.07 Å². The molecule has 5 aromatic rings. The van der Waals surface area contributed by atoms with Crippen LogP contribution in [0.25, 0.3) is 43.8 Å². The molecule has 0 atom stereocenters. The average Bonchev–Trinajstić information content (AvgIpc) is 3.39. The summed E-state index contributed by atoms with van der Waals surface area (Å²) in [4.78, 5) is 0. The number of benzene rings is 5. The van der Waals surface area contributed by atoms with Crippen LogP contribution in [0, 0.1) is 0 Å². The standard InChI is InChI=1S/C30H25O2P/c31-26-16-15-20-9-1-3-11-22(20)28(26)29-23-12-4-2-10-21(23)19-25(30(29)32)24-13-5-6-14-27(24)33-17-7-8-18-33/h1-6,9-16,19,31-32H,7-8,17-18H2. The van der Waals surface area contributed by atoms with Gasteiger partial charge in [0.25, 0.3) is 0 Å². The van der Waals surface area contributed by atoms with Crippen LogP contribution >= 0.6 is 7.92 Å². The van der Waals surface area contributed by atoms with Crippen LogP contribution in [0.15, 0.2) is 91.0 Å². The summed E-state index contributed by atoms with van der Waals surface area (Å²) in [7, 11) is -0.199. The Balaban J connectivity index is 1.70. The molecule has 33 heavy (non-hydrogen) atoms. The lowest BCUT2D eigenvalue weighted by Gasteiger charge is -2.20. The molecule has 2 N–H and O–H groups in total. The summed E-state index contributed by atoms with van der Waals surface area (Å²) in [6, 6.07) is 30.5. The number of aromatic hydroxyl groups is 2. The van der Waals surface area contributed by atoms with Crippen molar-refractivity contribution >= 4 is 34.8 Å². The summed E-state index contributed by atoms with van der Waals surface area (Å²) in [5.41, 5.74) is 3.36. The van der Waals surface area contributed by atoms with E-state index in [4.69, 9.17) is 0 Å². The second kappa shape index (κ2) is 8.21. The molecule has 0 amide bonds. The van der Waals surface area contributed by atoms with E-state index in [1.807, 2.05) is 48.5 Å². The summed E-state index contributed by atoms with van der Waals surface area (Å²) in [5.74, 6) is 0.418. The van der Waals surface area contributed by atoms with Gasteiger partial charge in [-0.3, -0.25) is 0 Å². The second-order valence-electron chi connectivity index (χ2n) is 8.76. The van der Waals surface area contributed by atoms with Crippen molar-refractivity contribution < 1.29 is 10.2 Å². The molecule has 0 bridgehead atoms. The molecule has 1 aliphatic heterocycles. The van der Waals surface area contributed by atoms with Crippen LogP contribution in [0.5, 0.6) is 11.5 Å². The lowest BCUT2D eigenvalue weighted by atomic mass is 9.89. The van der Waals surface area contributed by atoms with Crippen LogP contribution in [-0.4, -0.2) is 22.5 Å². The zero-order valence-electron chi connectivity index (χ0n) is 18.3. The van der Waals surface area contributed by atoms with Crippen molar-refractivity contribution in [3.8, 4) is 33.8 Å². The molecule has 5 aromatic carbocycles. The lowest BCUT2D eigenvalue weighted by molar-refractivity contribution is 0.471. The minimum atomic E-state index is -0.199. The van der Waals surface area contributed by atoms with Gasteiger partial charge in [-0.15, -0.1) is 0 Å². The number of hydrogen-bond donors (Lipinski definition) is 2. The highest BCUT2D eigenvalue weighted by Crippen LogP contribution is 2.50. The molecule has 0 radical (unpaired) electrons. The van der Waals surface area contributed by atoms with Crippen LogP contribution in [0.3, 0.4) is 0 Å². The van der Waals surface area contributed by atoms with Gasteiger partial charge in [0.05, 0.1) is 0 Å². The van der Waals surface area contributed by atoms with E-state index in [0.717, 1.165) is 32.7 Å². The Morgan fingerprint density at radius 2 is 1.21 bits per heavy atom. The Kier molecular flexibility index (Phi) is 5.04. The van der Waals surface area contributed by atoms with Crippen molar-refractivity contribution in [3.63, 3.8) is 0 Å². The first-order valence-electron chi connectivity index (χ1n) is 11.5. The summed E-state index contributed by atoms with van der Waals surface area (Å²) in [5, 5.41) is 28.2. The maximum atomic E-state index is 11.8. The third-order valence-corrected chi connectivity index (χ3v) is 9.60. The fourth-order valence-electron chi connectivity index (χ4n) is 5.25. The highest BCUT2D eigenvalue weighted by Gasteiger charge is 2.24. The summed E-state index contributed by atoms with van der Waals surface area (Å²) >= 11 is 0. The van der Waals surface area contributed by atoms with Crippen molar-refractivity contribution in [2.45, 2.75) is 12.8 Å². The van der Waals surface area contributed by atoms with Crippen molar-refractivity contribution in [3.05, 3.63) is 91.0 Å². The monoisotopic (exact) mass is 448 g/mol. The fourth-order valence-corrected chi connectivity index (χ4v) is 8.00. The van der Waals surface area contributed by atoms with Gasteiger partial charge in [-0.05, 0) is 69.7 Å². The van der Waals surface area contributed by atoms with Crippen LogP contribution in [-0.2, 0) is 0 Å². The molecule has 0 saturated carbocycles. The van der Waals surface area contributed by atoms with Crippen LogP contribution in [0.2, 0.25) is 0 Å². The summed E-state index contributed by atoms with van der Waals surface area (Å²) < 4.78 is 0. The van der Waals surface area contributed by atoms with E-state index < -0.39 is 0 Å². The van der Waals surface area contributed by atoms with Crippen molar-refractivity contribution in [1.29, 1.82) is 0 Å². The molecule has 0 aliphatic carbocycles. The highest BCUT2D eigenvalue weighted by atomic mass is 31.1. The molecule has 6 rings (SSSR count). The van der Waals surface area contributed by atoms with Gasteiger partial charge >= 0.3 is 0 Å². The number of fused-ring (bicyclic) bond motifs is 2. The van der Waals surface area contributed by atoms with Crippen LogP contribution in [0.4, 0.5) is 0 Å². The van der Waals surface area contributed by atoms with Crippen molar-refractivity contribution in [1.82, 2.24) is 0 Å². The lowest BCUT2D eigenvalue weighted by Crippen LogP contribution is -2.06. The number of phenols is 2. The van der Waals surface area contributed by atoms with Gasteiger partial charge in [0.1, 0.15) is 11.5 Å². The van der Waals surface area contributed by atoms with Gasteiger partial charge < -0.3 is 10.2 Å². The van der Waals surface area contributed by atoms with Crippen LogP contribution < -0.4 is 5.30 Å². The van der Waals surface area contributed by atoms with E-state index in [9.17, 15) is 10.2 Å². The fraction of sp³-hybridized carbons (Fsp3) is 0.133. The molecular weight excluding hydrogens is 423 g/mol. The summed E-state index contributed by atoms with van der Waals surface area (Å²) in [6.07, 6.45) is 5.10. The molecule has 0 unspecified atom stereocenters. The number of rotatable bonds is 3. The van der Waals surface area contributed by atoms with Gasteiger partial charge in [-0.1, -0.05) is 86.8 Å². The molecule has 2 nitrogen and oxygen atoms in total. The van der Waals surface area contributed by atoms with Gasteiger partial charge in [0.15, 0.2) is 0 Å². The maximum absolute atomic E-state index is 11.8. The van der Waals surface area contributed by atoms with Gasteiger partial charge in [-0.2, -0.15) is 0 Å². The maximum Gasteiger partial charge on any atom is 0.132 e. The smallest absolute Gasteiger partial charge is 0.132 e. The van der Waals surface area contributed by atoms with E-state index in [2.05, 4.69) is 36.4 Å². The van der Waals surface area contributed by atoms with Gasteiger partial charge in [-0.25, -0.2) is 0 Å². The van der Waals surface area contributed by atoms with Crippen molar-refractivity contribution in [2.75, 3.05) is 12.3 Å². The molecule has 162 valence electrons. The molecule has 3 heteroatoms. The third kappa shape index (κ3) is 3.37. The zero-order chi connectivity index (χ0) is 22.4. The number of phenolic OH excluding ortho intramolecular Hbond substituents is 2. The largest absolute Gasteiger partial charge is 0.507 e. The van der Waals surface area contributed by atoms with E-state index >= 15 is 0 Å². The first-order valence-corrected chi connectivity index (χ1v) is 13.2. The first-order chi connectivity index (χ1) is 16.2. The minimum Gasteiger partial charge on any atom is -0.507 e. The zero-order valence-corrected chi connectivity index (χ0v) is 19.2. The van der Waals surface area contributed by atoms with Gasteiger partial charge in [0, 0.05) is 16.7 Å². The predicted molar refractivity (Wildman–Crippen MR) is 141 cm³/mol. The molecule has 0 aromatic heterocycles. The van der Waals surface area contributed by atoms with E-state index in [0.29, 0.717) is 11.1 Å². The Morgan fingerprint density at radius 3 is 2.00 bits per heavy atom. The van der Waals surface area contributed by atoms with Gasteiger partial charge in [0.2, 0.25) is 0 Å². The minimum absolute atomic E-state index is 0.180. The first kappa shape index (κ1) is 20.3. The molecule has 1 aliphatic rings. The molecule has 1 heterocycles. The quantitative estimate of drug-likeness (QED) is 0.279. The summed E-state index contributed by atoms with van der Waals surface area (Å²) in [6.45, 7) is 0. The average molecular weight is 449 g/mol. The normalized spacial score (nSPS) is 14.3. The Labute approximate surface area is 194 Å². The Hall–Kier alpha value is -3.35. The van der Waals surface area contributed by atoms with Crippen LogP contribution in [0.1, 0.15) is 12.8 Å². The number of hydrogen-bond acceptors (Lipinski definition) is 2. The molecule has 1 fully saturated rings. The second-order valence-corrected chi connectivity index (χ2v) is 11.2. The molecule has 1 saturated heterocycles. The Morgan fingerprint density at radius 1 is 0.576 bits per heavy atom. The molecular formula is C30H25O2P. The molecule has 0 spiro atoms. The Bertz CT molecular complexity index is 1500. The van der Waals surface area contributed by atoms with Crippen molar-refractivity contribution in [2.24, 2.45) is 0 Å². The van der Waals surface area contributed by atoms with E-state index in [1.165, 1.54) is 30.5 Å². The third-order valence-electron chi connectivity index (χ3n) is 6.82. The highest BCUT2D eigenvalue weighted by molar-refractivity contribution is 7.66. The SMILES string of the molecule is Oc1ccc2ccccc2c1-c1c(O)c(-c2ccccc2P2CCCC2)cc2ccccc12. The predicted octanol–water partition coefficient (Wildman–Crippen LogP) is 7.64. The topological polar surface area (TPSA) is 40.5 Å².